The molecule has 1 N–H and O–H groups in total. The number of anilines is 1. The molecule has 0 saturated heterocycles. The van der Waals surface area contributed by atoms with Gasteiger partial charge < -0.3 is 10.1 Å². The molecule has 0 fully saturated rings. The maximum absolute atomic E-state index is 12.7. The van der Waals surface area contributed by atoms with Crippen molar-refractivity contribution in [3.63, 3.8) is 0 Å². The van der Waals surface area contributed by atoms with Crippen LogP contribution in [-0.2, 0) is 20.4 Å². The van der Waals surface area contributed by atoms with Crippen molar-refractivity contribution in [3.05, 3.63) is 59.2 Å². The van der Waals surface area contributed by atoms with Crippen molar-refractivity contribution < 1.29 is 17.9 Å². The zero-order chi connectivity index (χ0) is 18.6. The molecule has 0 spiro atoms. The fourth-order valence-corrected chi connectivity index (χ4v) is 3.82. The number of carbonyl (C=O) groups is 1. The maximum Gasteiger partial charge on any atom is 0.242 e. The highest BCUT2D eigenvalue weighted by atomic mass is 32.2. The lowest BCUT2D eigenvalue weighted by Gasteiger charge is -2.16. The van der Waals surface area contributed by atoms with Gasteiger partial charge in [-0.2, -0.15) is 0 Å². The summed E-state index contributed by atoms with van der Waals surface area (Å²) in [6.07, 6.45) is 0. The number of nitrogens with one attached hydrogen (secondary N) is 1. The number of carbonyl (C=O) groups excluding carboxylic acids is 1. The maximum atomic E-state index is 12.7. The van der Waals surface area contributed by atoms with Gasteiger partial charge in [0.2, 0.25) is 5.91 Å². The van der Waals surface area contributed by atoms with Gasteiger partial charge in [0, 0.05) is 0 Å². The molecule has 0 bridgehead atoms. The molecular formula is C19H23NO4S. The number of hydrogen-bond donors (Lipinski definition) is 1. The lowest BCUT2D eigenvalue weighted by molar-refractivity contribution is -0.115. The number of aryl methyl sites for hydroxylation is 2. The highest BCUT2D eigenvalue weighted by molar-refractivity contribution is 7.92. The van der Waals surface area contributed by atoms with Crippen LogP contribution in [0.1, 0.15) is 23.6 Å². The monoisotopic (exact) mass is 361 g/mol. The van der Waals surface area contributed by atoms with E-state index in [-0.39, 0.29) is 5.75 Å². The summed E-state index contributed by atoms with van der Waals surface area (Å²) >= 11 is 0. The average Bonchev–Trinajstić information content (AvgIpc) is 2.57. The highest BCUT2D eigenvalue weighted by Gasteiger charge is 2.29. The minimum Gasteiger partial charge on any atom is -0.495 e. The van der Waals surface area contributed by atoms with E-state index in [0.29, 0.717) is 11.4 Å². The number of ether oxygens (including phenoxy) is 1. The Kier molecular flexibility index (Phi) is 5.85. The Bertz CT molecular complexity index is 875. The van der Waals surface area contributed by atoms with Crippen molar-refractivity contribution in [3.8, 4) is 5.75 Å². The minimum atomic E-state index is -3.64. The number of sulfone groups is 1. The van der Waals surface area contributed by atoms with E-state index in [2.05, 4.69) is 5.32 Å². The third-order valence-corrected chi connectivity index (χ3v) is 6.14. The standard InChI is InChI=1S/C19H23NO4S/c1-13-9-10-14(2)16(11-13)12-25(22,23)15(3)19(21)20-17-7-5-6-8-18(17)24-4/h5-11,15H,12H2,1-4H3,(H,20,21). The van der Waals surface area contributed by atoms with Gasteiger partial charge in [-0.25, -0.2) is 8.42 Å². The first-order valence-electron chi connectivity index (χ1n) is 7.96. The summed E-state index contributed by atoms with van der Waals surface area (Å²) < 4.78 is 30.5. The second-order valence-electron chi connectivity index (χ2n) is 6.07. The fourth-order valence-electron chi connectivity index (χ4n) is 2.44. The largest absolute Gasteiger partial charge is 0.495 e. The summed E-state index contributed by atoms with van der Waals surface area (Å²) in [5, 5.41) is 1.47. The molecule has 1 atom stereocenters. The average molecular weight is 361 g/mol. The van der Waals surface area contributed by atoms with Gasteiger partial charge in [0.25, 0.3) is 0 Å². The topological polar surface area (TPSA) is 72.5 Å². The Hall–Kier alpha value is -2.34. The first-order chi connectivity index (χ1) is 11.7. The van der Waals surface area contributed by atoms with E-state index in [1.807, 2.05) is 32.0 Å². The van der Waals surface area contributed by atoms with Crippen molar-refractivity contribution in [2.24, 2.45) is 0 Å². The van der Waals surface area contributed by atoms with E-state index >= 15 is 0 Å². The molecule has 1 amide bonds. The third-order valence-electron chi connectivity index (χ3n) is 4.13. The van der Waals surface area contributed by atoms with E-state index in [9.17, 15) is 13.2 Å². The second kappa shape index (κ2) is 7.70. The predicted molar refractivity (Wildman–Crippen MR) is 99.6 cm³/mol. The molecule has 0 aliphatic carbocycles. The van der Waals surface area contributed by atoms with Crippen LogP contribution in [0.15, 0.2) is 42.5 Å². The van der Waals surface area contributed by atoms with Crippen molar-refractivity contribution in [2.45, 2.75) is 31.8 Å². The van der Waals surface area contributed by atoms with Gasteiger partial charge in [0.1, 0.15) is 11.0 Å². The van der Waals surface area contributed by atoms with Crippen LogP contribution in [0.5, 0.6) is 5.75 Å². The summed E-state index contributed by atoms with van der Waals surface area (Å²) in [5.41, 5.74) is 3.05. The Labute approximate surface area is 148 Å². The third kappa shape index (κ3) is 4.60. The Morgan fingerprint density at radius 3 is 2.52 bits per heavy atom. The molecule has 2 rings (SSSR count). The molecule has 0 saturated carbocycles. The van der Waals surface area contributed by atoms with Crippen LogP contribution in [0, 0.1) is 13.8 Å². The lowest BCUT2D eigenvalue weighted by atomic mass is 10.1. The van der Waals surface area contributed by atoms with Crippen LogP contribution >= 0.6 is 0 Å². The number of amides is 1. The van der Waals surface area contributed by atoms with Crippen molar-refractivity contribution in [1.29, 1.82) is 0 Å². The zero-order valence-electron chi connectivity index (χ0n) is 14.9. The van der Waals surface area contributed by atoms with Crippen LogP contribution in [0.3, 0.4) is 0 Å². The van der Waals surface area contributed by atoms with Crippen molar-refractivity contribution in [1.82, 2.24) is 0 Å². The molecule has 0 aliphatic heterocycles. The molecule has 2 aromatic rings. The van der Waals surface area contributed by atoms with Gasteiger partial charge in [0.05, 0.1) is 18.6 Å². The molecule has 5 nitrogen and oxygen atoms in total. The molecule has 6 heteroatoms. The number of rotatable bonds is 6. The van der Waals surface area contributed by atoms with Crippen LogP contribution in [0.25, 0.3) is 0 Å². The molecule has 0 radical (unpaired) electrons. The second-order valence-corrected chi connectivity index (χ2v) is 8.39. The lowest BCUT2D eigenvalue weighted by Crippen LogP contribution is -2.33. The van der Waals surface area contributed by atoms with Gasteiger partial charge in [-0.15, -0.1) is 0 Å². The van der Waals surface area contributed by atoms with Crippen LogP contribution in [0.2, 0.25) is 0 Å². The summed E-state index contributed by atoms with van der Waals surface area (Å²) in [4.78, 5) is 12.4. The zero-order valence-corrected chi connectivity index (χ0v) is 15.7. The van der Waals surface area contributed by atoms with E-state index in [1.165, 1.54) is 14.0 Å². The summed E-state index contributed by atoms with van der Waals surface area (Å²) in [5.74, 6) is -0.258. The van der Waals surface area contributed by atoms with E-state index < -0.39 is 21.0 Å². The Morgan fingerprint density at radius 2 is 1.84 bits per heavy atom. The minimum absolute atomic E-state index is 0.166. The number of hydrogen-bond acceptors (Lipinski definition) is 4. The Balaban J connectivity index is 2.18. The molecule has 0 heterocycles. The quantitative estimate of drug-likeness (QED) is 0.857. The van der Waals surface area contributed by atoms with Crippen LogP contribution in [0.4, 0.5) is 5.69 Å². The van der Waals surface area contributed by atoms with Gasteiger partial charge in [-0.1, -0.05) is 35.9 Å². The first-order valence-corrected chi connectivity index (χ1v) is 9.67. The number of benzene rings is 2. The number of methoxy groups -OCH3 is 1. The smallest absolute Gasteiger partial charge is 0.242 e. The van der Waals surface area contributed by atoms with Crippen molar-refractivity contribution >= 4 is 21.4 Å². The van der Waals surface area contributed by atoms with Gasteiger partial charge in [-0.3, -0.25) is 4.79 Å². The molecule has 2 aromatic carbocycles. The number of para-hydroxylation sites is 2. The van der Waals surface area contributed by atoms with Crippen molar-refractivity contribution in [2.75, 3.05) is 12.4 Å². The van der Waals surface area contributed by atoms with E-state index in [1.54, 1.807) is 24.3 Å². The van der Waals surface area contributed by atoms with Gasteiger partial charge in [-0.05, 0) is 44.0 Å². The van der Waals surface area contributed by atoms with E-state index in [4.69, 9.17) is 4.74 Å². The predicted octanol–water partition coefficient (Wildman–Crippen LogP) is 3.25. The summed E-state index contributed by atoms with van der Waals surface area (Å²) in [6.45, 7) is 5.18. The molecule has 25 heavy (non-hydrogen) atoms. The highest BCUT2D eigenvalue weighted by Crippen LogP contribution is 2.24. The van der Waals surface area contributed by atoms with E-state index in [0.717, 1.165) is 16.7 Å². The molecule has 134 valence electrons. The van der Waals surface area contributed by atoms with Crippen LogP contribution < -0.4 is 10.1 Å². The summed E-state index contributed by atoms with van der Waals surface area (Å²) in [6, 6.07) is 12.6. The molecule has 0 aliphatic rings. The molecule has 0 aromatic heterocycles. The normalized spacial score (nSPS) is 12.5. The van der Waals surface area contributed by atoms with Crippen LogP contribution in [-0.4, -0.2) is 26.7 Å². The first kappa shape index (κ1) is 19.0. The van der Waals surface area contributed by atoms with Gasteiger partial charge in [0.15, 0.2) is 9.84 Å². The van der Waals surface area contributed by atoms with Gasteiger partial charge >= 0.3 is 0 Å². The summed E-state index contributed by atoms with van der Waals surface area (Å²) in [7, 11) is -2.15. The SMILES string of the molecule is COc1ccccc1NC(=O)C(C)S(=O)(=O)Cc1cc(C)ccc1C. The molecular weight excluding hydrogens is 338 g/mol. The Morgan fingerprint density at radius 1 is 1.16 bits per heavy atom. The fraction of sp³-hybridized carbons (Fsp3) is 0.316. The molecule has 1 unspecified atom stereocenters.